The Labute approximate surface area is 305 Å². The van der Waals surface area contributed by atoms with Crippen LogP contribution in [0.4, 0.5) is 0 Å². The standard InChI is InChI=1S/C26H19.C26H18/c2*1-3-7-19(8-4-1)21-13-15-25-23(17-21)11-12-24-18-22(14-16-26(24)25)20-9-5-2-6-10-20/h1,3-18H,2H2;1-18H/q-1;. The van der Waals surface area contributed by atoms with Crippen LogP contribution >= 0.6 is 0 Å². The molecule has 52 heavy (non-hydrogen) atoms. The van der Waals surface area contributed by atoms with Crippen molar-refractivity contribution in [2.24, 2.45) is 0 Å². The van der Waals surface area contributed by atoms with E-state index in [-0.39, 0.29) is 0 Å². The van der Waals surface area contributed by atoms with Gasteiger partial charge in [-0.3, -0.25) is 0 Å². The van der Waals surface area contributed by atoms with E-state index >= 15 is 0 Å². The van der Waals surface area contributed by atoms with Crippen LogP contribution in [0.15, 0.2) is 212 Å². The van der Waals surface area contributed by atoms with E-state index in [0.29, 0.717) is 0 Å². The van der Waals surface area contributed by atoms with Gasteiger partial charge in [0, 0.05) is 0 Å². The van der Waals surface area contributed by atoms with Gasteiger partial charge < -0.3 is 0 Å². The van der Waals surface area contributed by atoms with Crippen molar-refractivity contribution in [2.75, 3.05) is 0 Å². The Morgan fingerprint density at radius 3 is 1.02 bits per heavy atom. The minimum absolute atomic E-state index is 1.03. The SMILES string of the molecule is C1=C[C-](c2ccc3c(ccc4cc(-c5ccccc5)ccc43)c2)C=CC1.c1ccc(-c2ccc3c(ccc4cc(-c5ccccc5)ccc43)c2)cc1. The van der Waals surface area contributed by atoms with Crippen LogP contribution in [0.25, 0.3) is 76.5 Å². The lowest BCUT2D eigenvalue weighted by atomic mass is 9.91. The van der Waals surface area contributed by atoms with Crippen LogP contribution < -0.4 is 0 Å². The van der Waals surface area contributed by atoms with Gasteiger partial charge in [0.05, 0.1) is 0 Å². The lowest BCUT2D eigenvalue weighted by Crippen LogP contribution is -1.95. The summed E-state index contributed by atoms with van der Waals surface area (Å²) in [7, 11) is 0. The molecule has 0 heterocycles. The van der Waals surface area contributed by atoms with E-state index in [9.17, 15) is 0 Å². The number of hydrogen-bond donors (Lipinski definition) is 0. The Hall–Kier alpha value is -6.63. The summed E-state index contributed by atoms with van der Waals surface area (Å²) in [5.41, 5.74) is 8.85. The molecule has 0 amide bonds. The van der Waals surface area contributed by atoms with Crippen molar-refractivity contribution in [3.05, 3.63) is 224 Å². The molecule has 0 bridgehead atoms. The number of allylic oxidation sites excluding steroid dienone is 4. The van der Waals surface area contributed by atoms with Gasteiger partial charge in [0.15, 0.2) is 0 Å². The van der Waals surface area contributed by atoms with Crippen LogP contribution in [0.5, 0.6) is 0 Å². The van der Waals surface area contributed by atoms with Gasteiger partial charge in [0.2, 0.25) is 0 Å². The minimum Gasteiger partial charge on any atom is -0.143 e. The molecule has 0 radical (unpaired) electrons. The molecule has 0 saturated heterocycles. The maximum atomic E-state index is 2.30. The molecule has 0 aliphatic heterocycles. The first-order valence-electron chi connectivity index (χ1n) is 18.1. The van der Waals surface area contributed by atoms with E-state index in [4.69, 9.17) is 0 Å². The average molecular weight is 662 g/mol. The zero-order chi connectivity index (χ0) is 34.7. The summed E-state index contributed by atoms with van der Waals surface area (Å²) < 4.78 is 0. The molecule has 0 N–H and O–H groups in total. The summed E-state index contributed by atoms with van der Waals surface area (Å²) >= 11 is 0. The first kappa shape index (κ1) is 31.4. The molecule has 0 aromatic heterocycles. The molecule has 246 valence electrons. The van der Waals surface area contributed by atoms with Gasteiger partial charge in [-0.15, -0.1) is 42.0 Å². The van der Waals surface area contributed by atoms with Crippen LogP contribution in [-0.2, 0) is 0 Å². The fraction of sp³-hybridized carbons (Fsp3) is 0.0192. The zero-order valence-electron chi connectivity index (χ0n) is 28.9. The highest BCUT2D eigenvalue weighted by molar-refractivity contribution is 6.10. The van der Waals surface area contributed by atoms with Crippen molar-refractivity contribution < 1.29 is 0 Å². The second-order valence-electron chi connectivity index (χ2n) is 13.5. The van der Waals surface area contributed by atoms with Crippen LogP contribution in [-0.4, -0.2) is 0 Å². The maximum absolute atomic E-state index is 2.30. The molecular formula is C52H37-. The van der Waals surface area contributed by atoms with Gasteiger partial charge in [-0.05, 0) is 89.3 Å². The van der Waals surface area contributed by atoms with Crippen molar-refractivity contribution in [3.63, 3.8) is 0 Å². The lowest BCUT2D eigenvalue weighted by Gasteiger charge is -2.20. The number of rotatable bonds is 4. The predicted molar refractivity (Wildman–Crippen MR) is 224 cm³/mol. The highest BCUT2D eigenvalue weighted by Gasteiger charge is 2.07. The molecule has 0 unspecified atom stereocenters. The van der Waals surface area contributed by atoms with E-state index in [1.54, 1.807) is 0 Å². The van der Waals surface area contributed by atoms with Gasteiger partial charge >= 0.3 is 0 Å². The Balaban J connectivity index is 0.000000138. The summed E-state index contributed by atoms with van der Waals surface area (Å²) in [5.74, 6) is 1.29. The Morgan fingerprint density at radius 2 is 0.635 bits per heavy atom. The normalized spacial score (nSPS) is 12.3. The quantitative estimate of drug-likeness (QED) is 0.130. The molecule has 1 aliphatic rings. The highest BCUT2D eigenvalue weighted by Crippen LogP contribution is 2.34. The number of fused-ring (bicyclic) bond motifs is 6. The van der Waals surface area contributed by atoms with Crippen LogP contribution in [0, 0.1) is 5.92 Å². The lowest BCUT2D eigenvalue weighted by molar-refractivity contribution is 1.25. The van der Waals surface area contributed by atoms with Crippen molar-refractivity contribution in [1.29, 1.82) is 0 Å². The maximum Gasteiger partial charge on any atom is -0.0105 e. The Bertz CT molecular complexity index is 2630. The molecule has 0 heteroatoms. The third-order valence-corrected chi connectivity index (χ3v) is 10.2. The molecule has 0 fully saturated rings. The second-order valence-corrected chi connectivity index (χ2v) is 13.5. The van der Waals surface area contributed by atoms with Crippen LogP contribution in [0.2, 0.25) is 0 Å². The second kappa shape index (κ2) is 13.9. The van der Waals surface area contributed by atoms with Gasteiger partial charge in [0.25, 0.3) is 0 Å². The molecule has 0 atom stereocenters. The first-order chi connectivity index (χ1) is 25.8. The minimum atomic E-state index is 1.03. The van der Waals surface area contributed by atoms with Crippen molar-refractivity contribution in [1.82, 2.24) is 0 Å². The van der Waals surface area contributed by atoms with Crippen molar-refractivity contribution >= 4 is 43.1 Å². The molecule has 9 aromatic carbocycles. The molecule has 10 rings (SSSR count). The summed E-state index contributed by atoms with van der Waals surface area (Å²) in [6, 6.07) is 67.7. The highest BCUT2D eigenvalue weighted by atomic mass is 14.1. The third kappa shape index (κ3) is 6.28. The fourth-order valence-corrected chi connectivity index (χ4v) is 7.47. The molecule has 1 aliphatic carbocycles. The average Bonchev–Trinajstić information content (AvgIpc) is 3.24. The summed E-state index contributed by atoms with van der Waals surface area (Å²) in [6.07, 6.45) is 9.89. The smallest absolute Gasteiger partial charge is 0.0105 e. The van der Waals surface area contributed by atoms with E-state index in [0.717, 1.165) is 6.42 Å². The number of benzene rings is 9. The summed E-state index contributed by atoms with van der Waals surface area (Å²) in [5, 5.41) is 10.4. The third-order valence-electron chi connectivity index (χ3n) is 10.2. The van der Waals surface area contributed by atoms with E-state index in [1.165, 1.54) is 88.0 Å². The Morgan fingerprint density at radius 1 is 0.288 bits per heavy atom. The molecule has 0 spiro atoms. The molecule has 9 aromatic rings. The first-order valence-corrected chi connectivity index (χ1v) is 18.1. The van der Waals surface area contributed by atoms with Crippen molar-refractivity contribution in [3.8, 4) is 33.4 Å². The topological polar surface area (TPSA) is 0 Å². The van der Waals surface area contributed by atoms with Crippen molar-refractivity contribution in [2.45, 2.75) is 6.42 Å². The fourth-order valence-electron chi connectivity index (χ4n) is 7.47. The monoisotopic (exact) mass is 661 g/mol. The predicted octanol–water partition coefficient (Wildman–Crippen LogP) is 14.4. The molecular weight excluding hydrogens is 625 g/mol. The van der Waals surface area contributed by atoms with E-state index in [1.807, 2.05) is 0 Å². The zero-order valence-corrected chi connectivity index (χ0v) is 28.9. The van der Waals surface area contributed by atoms with E-state index < -0.39 is 0 Å². The van der Waals surface area contributed by atoms with Gasteiger partial charge in [-0.1, -0.05) is 175 Å². The molecule has 0 saturated carbocycles. The number of hydrogen-bond acceptors (Lipinski definition) is 0. The van der Waals surface area contributed by atoms with Crippen LogP contribution in [0.1, 0.15) is 12.0 Å². The summed E-state index contributed by atoms with van der Waals surface area (Å²) in [4.78, 5) is 0. The Kier molecular flexibility index (Phi) is 8.41. The van der Waals surface area contributed by atoms with Gasteiger partial charge in [0.1, 0.15) is 0 Å². The van der Waals surface area contributed by atoms with Gasteiger partial charge in [-0.25, -0.2) is 0 Å². The van der Waals surface area contributed by atoms with Crippen LogP contribution in [0.3, 0.4) is 0 Å². The largest absolute Gasteiger partial charge is 0.143 e. The molecule has 0 nitrogen and oxygen atoms in total. The summed E-state index contributed by atoms with van der Waals surface area (Å²) in [6.45, 7) is 0. The van der Waals surface area contributed by atoms with Gasteiger partial charge in [-0.2, -0.15) is 0 Å². The van der Waals surface area contributed by atoms with E-state index in [2.05, 4.69) is 212 Å².